The molecule has 0 fully saturated rings. The fourth-order valence-corrected chi connectivity index (χ4v) is 3.25. The van der Waals surface area contributed by atoms with Crippen LogP contribution in [0.2, 0.25) is 5.02 Å². The fourth-order valence-electron chi connectivity index (χ4n) is 3.12. The number of rotatable bonds is 6. The lowest BCUT2D eigenvalue weighted by molar-refractivity contribution is -0.144. The Kier molecular flexibility index (Phi) is 6.41. The van der Waals surface area contributed by atoms with E-state index in [0.717, 1.165) is 5.56 Å². The van der Waals surface area contributed by atoms with Gasteiger partial charge in [0.1, 0.15) is 5.75 Å². The minimum absolute atomic E-state index is 0.0719. The van der Waals surface area contributed by atoms with E-state index in [4.69, 9.17) is 20.8 Å². The highest BCUT2D eigenvalue weighted by molar-refractivity contribution is 6.30. The zero-order valence-corrected chi connectivity index (χ0v) is 19.5. The smallest absolute Gasteiger partial charge is 0.266 e. The van der Waals surface area contributed by atoms with Crippen LogP contribution in [0.25, 0.3) is 11.5 Å². The summed E-state index contributed by atoms with van der Waals surface area (Å²) in [4.78, 5) is 14.4. The second-order valence-corrected chi connectivity index (χ2v) is 9.49. The average Bonchev–Trinajstić information content (AvgIpc) is 3.17. The summed E-state index contributed by atoms with van der Waals surface area (Å²) in [6.07, 6.45) is 0. The Morgan fingerprint density at radius 3 is 2.19 bits per heavy atom. The maximum Gasteiger partial charge on any atom is 0.266 e. The van der Waals surface area contributed by atoms with Crippen molar-refractivity contribution >= 4 is 17.5 Å². The molecule has 0 bridgehead atoms. The van der Waals surface area contributed by atoms with E-state index in [1.807, 2.05) is 12.1 Å². The highest BCUT2D eigenvalue weighted by Gasteiger charge is 2.33. The summed E-state index contributed by atoms with van der Waals surface area (Å²) in [6, 6.07) is 15.0. The quantitative estimate of drug-likeness (QED) is 0.505. The monoisotopic (exact) mass is 441 g/mol. The normalized spacial score (nSPS) is 12.0. The minimum Gasteiger partial charge on any atom is -0.478 e. The summed E-state index contributed by atoms with van der Waals surface area (Å²) in [5.74, 6) is 1.13. The van der Waals surface area contributed by atoms with E-state index >= 15 is 0 Å². The van der Waals surface area contributed by atoms with Gasteiger partial charge in [-0.2, -0.15) is 0 Å². The van der Waals surface area contributed by atoms with Gasteiger partial charge in [0.2, 0.25) is 11.8 Å². The lowest BCUT2D eigenvalue weighted by Crippen LogP contribution is -2.47. The molecular weight excluding hydrogens is 414 g/mol. The molecule has 3 rings (SSSR count). The molecule has 7 heteroatoms. The SMILES string of the molecule is CN(Cc1nnc(-c2ccc(C(C)(C)C)cc2)o1)C(=O)C(C)(C)Oc1ccc(Cl)cc1. The van der Waals surface area contributed by atoms with Gasteiger partial charge < -0.3 is 14.1 Å². The molecule has 0 aliphatic heterocycles. The number of hydrogen-bond acceptors (Lipinski definition) is 5. The summed E-state index contributed by atoms with van der Waals surface area (Å²) in [5.41, 5.74) is 1.06. The summed E-state index contributed by atoms with van der Waals surface area (Å²) in [5, 5.41) is 8.83. The molecule has 1 amide bonds. The van der Waals surface area contributed by atoms with Gasteiger partial charge in [0.25, 0.3) is 5.91 Å². The minimum atomic E-state index is -1.08. The van der Waals surface area contributed by atoms with Crippen molar-refractivity contribution in [2.45, 2.75) is 52.2 Å². The molecule has 0 atom stereocenters. The van der Waals surface area contributed by atoms with Gasteiger partial charge in [0.05, 0.1) is 6.54 Å². The second kappa shape index (κ2) is 8.71. The van der Waals surface area contributed by atoms with E-state index in [1.165, 1.54) is 10.5 Å². The van der Waals surface area contributed by atoms with Gasteiger partial charge >= 0.3 is 0 Å². The topological polar surface area (TPSA) is 68.5 Å². The van der Waals surface area contributed by atoms with E-state index < -0.39 is 5.60 Å². The molecule has 31 heavy (non-hydrogen) atoms. The Balaban J connectivity index is 1.66. The summed E-state index contributed by atoms with van der Waals surface area (Å²) in [6.45, 7) is 10.1. The van der Waals surface area contributed by atoms with Gasteiger partial charge in [-0.1, -0.05) is 44.5 Å². The van der Waals surface area contributed by atoms with E-state index in [9.17, 15) is 4.79 Å². The Morgan fingerprint density at radius 1 is 1.00 bits per heavy atom. The number of hydrogen-bond donors (Lipinski definition) is 0. The van der Waals surface area contributed by atoms with Crippen LogP contribution in [0.4, 0.5) is 0 Å². The summed E-state index contributed by atoms with van der Waals surface area (Å²) < 4.78 is 11.7. The lowest BCUT2D eigenvalue weighted by Gasteiger charge is -2.29. The Hall–Kier alpha value is -2.86. The van der Waals surface area contributed by atoms with Gasteiger partial charge in [0.15, 0.2) is 5.60 Å². The number of benzene rings is 2. The predicted octanol–water partition coefficient (Wildman–Crippen LogP) is 5.50. The first kappa shape index (κ1) is 22.8. The number of likely N-dealkylation sites (N-methyl/N-ethyl adjacent to an activating group) is 1. The maximum atomic E-state index is 12.9. The molecule has 0 unspecified atom stereocenters. The van der Waals surface area contributed by atoms with Crippen LogP contribution in [0.5, 0.6) is 5.75 Å². The molecule has 3 aromatic rings. The van der Waals surface area contributed by atoms with Crippen molar-refractivity contribution in [1.29, 1.82) is 0 Å². The number of amides is 1. The van der Waals surface area contributed by atoms with Crippen molar-refractivity contribution in [3.05, 3.63) is 65.0 Å². The fraction of sp³-hybridized carbons (Fsp3) is 0.375. The third-order valence-corrected chi connectivity index (χ3v) is 5.14. The summed E-state index contributed by atoms with van der Waals surface area (Å²) in [7, 11) is 1.68. The number of nitrogens with zero attached hydrogens (tertiary/aromatic N) is 3. The van der Waals surface area contributed by atoms with Gasteiger partial charge in [-0.3, -0.25) is 4.79 Å². The maximum absolute atomic E-state index is 12.9. The van der Waals surface area contributed by atoms with Crippen molar-refractivity contribution in [1.82, 2.24) is 15.1 Å². The van der Waals surface area contributed by atoms with E-state index in [2.05, 4.69) is 43.1 Å². The molecule has 0 saturated heterocycles. The Morgan fingerprint density at radius 2 is 1.61 bits per heavy atom. The molecule has 0 saturated carbocycles. The van der Waals surface area contributed by atoms with Crippen LogP contribution in [0, 0.1) is 0 Å². The van der Waals surface area contributed by atoms with Crippen molar-refractivity contribution < 1.29 is 13.9 Å². The first-order valence-electron chi connectivity index (χ1n) is 10.1. The number of carbonyl (C=O) groups is 1. The highest BCUT2D eigenvalue weighted by atomic mass is 35.5. The molecule has 0 radical (unpaired) electrons. The largest absolute Gasteiger partial charge is 0.478 e. The standard InChI is InChI=1S/C24H28ClN3O3/c1-23(2,3)17-9-7-16(8-10-17)21-27-26-20(30-21)15-28(6)22(29)24(4,5)31-19-13-11-18(25)12-14-19/h7-14H,15H2,1-6H3. The molecule has 1 aromatic heterocycles. The number of halogens is 1. The van der Waals surface area contributed by atoms with Crippen LogP contribution in [0.1, 0.15) is 46.1 Å². The van der Waals surface area contributed by atoms with Crippen molar-refractivity contribution in [3.63, 3.8) is 0 Å². The molecule has 164 valence electrons. The van der Waals surface area contributed by atoms with Gasteiger partial charge in [-0.25, -0.2) is 0 Å². The van der Waals surface area contributed by atoms with E-state index in [-0.39, 0.29) is 17.9 Å². The first-order valence-corrected chi connectivity index (χ1v) is 10.5. The summed E-state index contributed by atoms with van der Waals surface area (Å²) >= 11 is 5.91. The Bertz CT molecular complexity index is 1040. The van der Waals surface area contributed by atoms with Crippen LogP contribution in [0.15, 0.2) is 52.9 Å². The lowest BCUT2D eigenvalue weighted by atomic mass is 9.87. The zero-order chi connectivity index (χ0) is 22.8. The van der Waals surface area contributed by atoms with Crippen LogP contribution in [-0.4, -0.2) is 33.7 Å². The van der Waals surface area contributed by atoms with E-state index in [1.54, 1.807) is 45.2 Å². The molecular formula is C24H28ClN3O3. The molecule has 0 aliphatic rings. The first-order chi connectivity index (χ1) is 14.5. The van der Waals surface area contributed by atoms with Crippen molar-refractivity contribution in [3.8, 4) is 17.2 Å². The molecule has 2 aromatic carbocycles. The highest BCUT2D eigenvalue weighted by Crippen LogP contribution is 2.26. The van der Waals surface area contributed by atoms with Gasteiger partial charge in [-0.05, 0) is 61.2 Å². The second-order valence-electron chi connectivity index (χ2n) is 9.06. The van der Waals surface area contributed by atoms with Crippen LogP contribution in [0.3, 0.4) is 0 Å². The third-order valence-electron chi connectivity index (χ3n) is 4.89. The molecule has 0 aliphatic carbocycles. The molecule has 0 N–H and O–H groups in total. The third kappa shape index (κ3) is 5.64. The van der Waals surface area contributed by atoms with Crippen LogP contribution >= 0.6 is 11.6 Å². The Labute approximate surface area is 188 Å². The number of aromatic nitrogens is 2. The van der Waals surface area contributed by atoms with Crippen molar-refractivity contribution in [2.24, 2.45) is 0 Å². The van der Waals surface area contributed by atoms with Gasteiger partial charge in [-0.15, -0.1) is 10.2 Å². The zero-order valence-electron chi connectivity index (χ0n) is 18.8. The molecule has 0 spiro atoms. The number of carbonyl (C=O) groups excluding carboxylic acids is 1. The molecule has 1 heterocycles. The van der Waals surface area contributed by atoms with Crippen LogP contribution < -0.4 is 4.74 Å². The predicted molar refractivity (Wildman–Crippen MR) is 121 cm³/mol. The van der Waals surface area contributed by atoms with Crippen LogP contribution in [-0.2, 0) is 16.8 Å². The number of ether oxygens (including phenoxy) is 1. The molecule has 6 nitrogen and oxygen atoms in total. The average molecular weight is 442 g/mol. The van der Waals surface area contributed by atoms with Crippen molar-refractivity contribution in [2.75, 3.05) is 7.05 Å². The van der Waals surface area contributed by atoms with Gasteiger partial charge in [0, 0.05) is 17.6 Å². The van der Waals surface area contributed by atoms with E-state index in [0.29, 0.717) is 22.6 Å².